The number of allylic oxidation sites excluding steroid dienone is 11. The fraction of sp³-hybridized carbons (Fsp3) is 0.442. The highest BCUT2D eigenvalue weighted by Crippen LogP contribution is 2.62. The Kier molecular flexibility index (Phi) is 7.02. The van der Waals surface area contributed by atoms with Crippen molar-refractivity contribution in [3.05, 3.63) is 118 Å². The molecule has 0 radical (unpaired) electrons. The highest BCUT2D eigenvalue weighted by atomic mass is 15.3. The van der Waals surface area contributed by atoms with Crippen LogP contribution in [0.15, 0.2) is 90.6 Å². The van der Waals surface area contributed by atoms with Gasteiger partial charge in [-0.3, -0.25) is 0 Å². The lowest BCUT2D eigenvalue weighted by Gasteiger charge is -2.38. The molecule has 0 saturated heterocycles. The van der Waals surface area contributed by atoms with Gasteiger partial charge < -0.3 is 10.2 Å². The average molecular weight is 593 g/mol. The molecule has 2 heteroatoms. The first-order valence-electron chi connectivity index (χ1n) is 18.2. The van der Waals surface area contributed by atoms with E-state index in [4.69, 9.17) is 0 Å². The zero-order valence-electron chi connectivity index (χ0n) is 27.0. The van der Waals surface area contributed by atoms with E-state index in [0.29, 0.717) is 35.9 Å². The van der Waals surface area contributed by atoms with E-state index in [1.807, 2.05) is 0 Å². The summed E-state index contributed by atoms with van der Waals surface area (Å²) in [5.41, 5.74) is 15.8. The van der Waals surface area contributed by atoms with Gasteiger partial charge in [0, 0.05) is 12.0 Å². The molecule has 0 saturated carbocycles. The first kappa shape index (κ1) is 27.8. The summed E-state index contributed by atoms with van der Waals surface area (Å²) in [5, 5.41) is 3.86. The van der Waals surface area contributed by atoms with Gasteiger partial charge in [-0.1, -0.05) is 73.7 Å². The predicted octanol–water partition coefficient (Wildman–Crippen LogP) is 11.3. The van der Waals surface area contributed by atoms with Crippen LogP contribution < -0.4 is 10.2 Å². The first-order valence-corrected chi connectivity index (χ1v) is 18.2. The van der Waals surface area contributed by atoms with Gasteiger partial charge in [-0.25, -0.2) is 0 Å². The fourth-order valence-electron chi connectivity index (χ4n) is 10.4. The minimum Gasteiger partial charge on any atom is -0.364 e. The molecule has 9 rings (SSSR count). The third-order valence-corrected chi connectivity index (χ3v) is 12.2. The van der Waals surface area contributed by atoms with E-state index in [1.165, 1.54) is 68.3 Å². The molecule has 2 aromatic carbocycles. The van der Waals surface area contributed by atoms with Crippen LogP contribution in [0.2, 0.25) is 0 Å². The van der Waals surface area contributed by atoms with Gasteiger partial charge in [0.15, 0.2) is 0 Å². The van der Waals surface area contributed by atoms with E-state index in [0.717, 1.165) is 25.7 Å². The third-order valence-electron chi connectivity index (χ3n) is 12.2. The summed E-state index contributed by atoms with van der Waals surface area (Å²) < 4.78 is 0. The van der Waals surface area contributed by atoms with Gasteiger partial charge in [-0.2, -0.15) is 0 Å². The van der Waals surface area contributed by atoms with E-state index in [9.17, 15) is 0 Å². The second-order valence-corrected chi connectivity index (χ2v) is 14.6. The van der Waals surface area contributed by atoms with Crippen LogP contribution in [0.4, 0.5) is 11.4 Å². The van der Waals surface area contributed by atoms with Crippen molar-refractivity contribution in [1.29, 1.82) is 0 Å². The molecule has 2 aromatic rings. The number of rotatable bonds is 5. The number of anilines is 2. The van der Waals surface area contributed by atoms with Gasteiger partial charge in [0.05, 0.1) is 17.5 Å². The Balaban J connectivity index is 1.22. The van der Waals surface area contributed by atoms with Gasteiger partial charge in [0.25, 0.3) is 0 Å². The molecule has 2 nitrogen and oxygen atoms in total. The molecule has 7 aliphatic rings. The van der Waals surface area contributed by atoms with E-state index in [2.05, 4.69) is 102 Å². The van der Waals surface area contributed by atoms with Crippen LogP contribution in [-0.4, -0.2) is 12.2 Å². The largest absolute Gasteiger partial charge is 0.364 e. The van der Waals surface area contributed by atoms with Crippen LogP contribution in [0.5, 0.6) is 0 Å². The van der Waals surface area contributed by atoms with Crippen LogP contribution in [0.1, 0.15) is 130 Å². The maximum absolute atomic E-state index is 3.86. The van der Waals surface area contributed by atoms with Crippen LogP contribution in [0, 0.1) is 5.92 Å². The van der Waals surface area contributed by atoms with Crippen molar-refractivity contribution in [2.75, 3.05) is 10.2 Å². The average Bonchev–Trinajstić information content (AvgIpc) is 3.66. The molecule has 1 N–H and O–H groups in total. The standard InChI is InChI=1S/C43H48N2/c1-2-39-44-37-24-9-10-25-38(37)45(39)32-21-11-20-31(26-32)36-27-35(28-14-5-3-6-15-28)42-33-22-12-18-29-19-13-23-34(40(29)33)43(42)41(36)30-16-7-4-8-17-30/h5,7,9-10,13-16,18-20,24-25,27,30,32-34,39-40,44H,2-4,6,8,11-12,17,21-23,26H2,1H3. The van der Waals surface area contributed by atoms with E-state index in [1.54, 1.807) is 39.0 Å². The summed E-state index contributed by atoms with van der Waals surface area (Å²) in [5.74, 6) is 2.48. The van der Waals surface area contributed by atoms with Crippen molar-refractivity contribution < 1.29 is 0 Å². The lowest BCUT2D eigenvalue weighted by molar-refractivity contribution is 0.408. The van der Waals surface area contributed by atoms with Crippen molar-refractivity contribution in [3.63, 3.8) is 0 Å². The highest BCUT2D eigenvalue weighted by Gasteiger charge is 2.48. The van der Waals surface area contributed by atoms with Crippen molar-refractivity contribution >= 4 is 22.5 Å². The third kappa shape index (κ3) is 4.49. The molecule has 1 heterocycles. The van der Waals surface area contributed by atoms with Crippen molar-refractivity contribution in [3.8, 4) is 0 Å². The fourth-order valence-corrected chi connectivity index (χ4v) is 10.4. The Hall–Kier alpha value is -3.52. The molecule has 230 valence electrons. The van der Waals surface area contributed by atoms with Gasteiger partial charge in [0.2, 0.25) is 0 Å². The minimum absolute atomic E-state index is 0.378. The second kappa shape index (κ2) is 11.4. The number of para-hydroxylation sites is 2. The Bertz CT molecular complexity index is 1690. The van der Waals surface area contributed by atoms with Gasteiger partial charge in [-0.05, 0) is 158 Å². The number of hydrogen-bond donors (Lipinski definition) is 1. The molecule has 45 heavy (non-hydrogen) atoms. The molecular weight excluding hydrogens is 544 g/mol. The smallest absolute Gasteiger partial charge is 0.0991 e. The van der Waals surface area contributed by atoms with E-state index >= 15 is 0 Å². The maximum Gasteiger partial charge on any atom is 0.0991 e. The van der Waals surface area contributed by atoms with Crippen LogP contribution in [0.25, 0.3) is 11.1 Å². The summed E-state index contributed by atoms with van der Waals surface area (Å²) in [4.78, 5) is 2.75. The number of fused-ring (bicyclic) bond motifs is 4. The normalized spacial score (nSPS) is 31.0. The van der Waals surface area contributed by atoms with Gasteiger partial charge >= 0.3 is 0 Å². The highest BCUT2D eigenvalue weighted by molar-refractivity contribution is 5.85. The quantitative estimate of drug-likeness (QED) is 0.347. The summed E-state index contributed by atoms with van der Waals surface area (Å²) in [6, 6.07) is 12.2. The lowest BCUT2D eigenvalue weighted by Crippen LogP contribution is -2.44. The van der Waals surface area contributed by atoms with Crippen molar-refractivity contribution in [2.45, 2.75) is 114 Å². The summed E-state index contributed by atoms with van der Waals surface area (Å²) in [7, 11) is 0. The number of nitrogens with one attached hydrogen (secondary N) is 1. The molecule has 0 fully saturated rings. The number of hydrogen-bond acceptors (Lipinski definition) is 2. The van der Waals surface area contributed by atoms with E-state index in [-0.39, 0.29) is 0 Å². The molecule has 6 aliphatic carbocycles. The van der Waals surface area contributed by atoms with E-state index < -0.39 is 0 Å². The molecule has 6 atom stereocenters. The van der Waals surface area contributed by atoms with Crippen molar-refractivity contribution in [1.82, 2.24) is 0 Å². The molecule has 0 amide bonds. The predicted molar refractivity (Wildman–Crippen MR) is 191 cm³/mol. The monoisotopic (exact) mass is 592 g/mol. The SMILES string of the molecule is CCC1Nc2ccccc2N1C1CCC=C(c2cc(C3=CCCC=C3)c3c(c2C2C=CCCC2)C2CC=CC4=CCCC3C42)C1. The Labute approximate surface area is 270 Å². The number of benzene rings is 2. The summed E-state index contributed by atoms with van der Waals surface area (Å²) in [6.45, 7) is 2.34. The minimum atomic E-state index is 0.378. The number of nitrogens with zero attached hydrogens (tertiary/aromatic N) is 1. The molecule has 1 aliphatic heterocycles. The Morgan fingerprint density at radius 1 is 0.800 bits per heavy atom. The Morgan fingerprint density at radius 3 is 2.60 bits per heavy atom. The first-order chi connectivity index (χ1) is 22.3. The van der Waals surface area contributed by atoms with Crippen molar-refractivity contribution in [2.24, 2.45) is 5.92 Å². The second-order valence-electron chi connectivity index (χ2n) is 14.6. The summed E-state index contributed by atoms with van der Waals surface area (Å²) >= 11 is 0. The molecule has 0 aromatic heterocycles. The lowest BCUT2D eigenvalue weighted by atomic mass is 9.71. The zero-order valence-corrected chi connectivity index (χ0v) is 27.0. The summed E-state index contributed by atoms with van der Waals surface area (Å²) in [6.07, 6.45) is 37.7. The van der Waals surface area contributed by atoms with Crippen LogP contribution in [-0.2, 0) is 0 Å². The van der Waals surface area contributed by atoms with Gasteiger partial charge in [-0.15, -0.1) is 0 Å². The maximum atomic E-state index is 3.86. The van der Waals surface area contributed by atoms with Gasteiger partial charge in [0.1, 0.15) is 0 Å². The molecule has 0 spiro atoms. The molecular formula is C43H48N2. The Morgan fingerprint density at radius 2 is 1.73 bits per heavy atom. The molecule has 0 bridgehead atoms. The zero-order chi connectivity index (χ0) is 29.9. The topological polar surface area (TPSA) is 15.3 Å². The molecule has 6 unspecified atom stereocenters. The van der Waals surface area contributed by atoms with Crippen LogP contribution >= 0.6 is 0 Å². The van der Waals surface area contributed by atoms with Crippen LogP contribution in [0.3, 0.4) is 0 Å².